The topological polar surface area (TPSA) is 108 Å². The van der Waals surface area contributed by atoms with E-state index in [0.717, 1.165) is 128 Å². The number of carboxylic acids is 1. The van der Waals surface area contributed by atoms with Gasteiger partial charge in [-0.2, -0.15) is 0 Å². The number of likely N-dealkylation sites (N-methyl/N-ethyl adjacent to an activating group) is 1. The molecule has 0 heterocycles. The molecular formula is C58H94NO8+. The number of carbonyl (C=O) groups excluding carboxylic acids is 2. The predicted octanol–water partition coefficient (Wildman–Crippen LogP) is 14.6. The van der Waals surface area contributed by atoms with E-state index < -0.39 is 24.3 Å². The molecule has 0 saturated carbocycles. The summed E-state index contributed by atoms with van der Waals surface area (Å²) in [7, 11) is 5.93. The van der Waals surface area contributed by atoms with Gasteiger partial charge in [0.2, 0.25) is 0 Å². The average Bonchev–Trinajstić information content (AvgIpc) is 3.29. The molecular weight excluding hydrogens is 839 g/mol. The first-order valence-electron chi connectivity index (χ1n) is 25.7. The lowest BCUT2D eigenvalue weighted by Gasteiger charge is -2.25. The minimum absolute atomic E-state index is 0.173. The van der Waals surface area contributed by atoms with Gasteiger partial charge < -0.3 is 28.5 Å². The normalized spacial score (nSPS) is 13.9. The number of rotatable bonds is 45. The third-order valence-corrected chi connectivity index (χ3v) is 10.2. The summed E-state index contributed by atoms with van der Waals surface area (Å²) < 4.78 is 22.7. The summed E-state index contributed by atoms with van der Waals surface area (Å²) in [5.41, 5.74) is 0. The first-order valence-corrected chi connectivity index (χ1v) is 25.7. The second kappa shape index (κ2) is 48.2. The molecule has 9 nitrogen and oxygen atoms in total. The van der Waals surface area contributed by atoms with Crippen LogP contribution in [-0.2, 0) is 33.3 Å². The molecule has 0 bridgehead atoms. The molecule has 378 valence electrons. The van der Waals surface area contributed by atoms with Gasteiger partial charge in [-0.15, -0.1) is 0 Å². The number of allylic oxidation sites excluding steroid dienone is 20. The van der Waals surface area contributed by atoms with Crippen molar-refractivity contribution in [2.75, 3.05) is 47.5 Å². The molecule has 0 radical (unpaired) electrons. The quantitative estimate of drug-likeness (QED) is 0.0211. The third kappa shape index (κ3) is 49.4. The minimum Gasteiger partial charge on any atom is -0.477 e. The van der Waals surface area contributed by atoms with Crippen molar-refractivity contribution >= 4 is 17.9 Å². The highest BCUT2D eigenvalue weighted by Crippen LogP contribution is 2.12. The van der Waals surface area contributed by atoms with E-state index in [1.54, 1.807) is 0 Å². The number of esters is 2. The zero-order valence-electron chi connectivity index (χ0n) is 42.8. The number of nitrogens with zero attached hydrogens (tertiary/aromatic N) is 1. The molecule has 1 N–H and O–H groups in total. The van der Waals surface area contributed by atoms with Crippen LogP contribution in [0.3, 0.4) is 0 Å². The fourth-order valence-electron chi connectivity index (χ4n) is 6.30. The van der Waals surface area contributed by atoms with E-state index in [4.69, 9.17) is 18.9 Å². The number of carbonyl (C=O) groups is 3. The largest absolute Gasteiger partial charge is 0.477 e. The molecule has 0 aliphatic heterocycles. The van der Waals surface area contributed by atoms with E-state index in [0.29, 0.717) is 23.9 Å². The second-order valence-electron chi connectivity index (χ2n) is 17.7. The lowest BCUT2D eigenvalue weighted by molar-refractivity contribution is -0.870. The van der Waals surface area contributed by atoms with E-state index in [1.165, 1.54) is 0 Å². The number of unbranched alkanes of at least 4 members (excludes halogenated alkanes) is 10. The van der Waals surface area contributed by atoms with Crippen LogP contribution in [0, 0.1) is 0 Å². The molecule has 2 atom stereocenters. The van der Waals surface area contributed by atoms with Crippen molar-refractivity contribution in [3.63, 3.8) is 0 Å². The van der Waals surface area contributed by atoms with Crippen molar-refractivity contribution in [3.8, 4) is 0 Å². The molecule has 0 rings (SSSR count). The number of quaternary nitrogens is 1. The van der Waals surface area contributed by atoms with Crippen LogP contribution in [0.25, 0.3) is 0 Å². The van der Waals surface area contributed by atoms with Crippen molar-refractivity contribution in [3.05, 3.63) is 122 Å². The molecule has 0 spiro atoms. The molecule has 0 aliphatic rings. The Bertz CT molecular complexity index is 1510. The van der Waals surface area contributed by atoms with E-state index in [1.807, 2.05) is 21.1 Å². The van der Waals surface area contributed by atoms with Gasteiger partial charge in [0.25, 0.3) is 6.29 Å². The molecule has 9 heteroatoms. The van der Waals surface area contributed by atoms with Gasteiger partial charge in [-0.3, -0.25) is 9.59 Å². The van der Waals surface area contributed by atoms with Crippen LogP contribution in [0.1, 0.15) is 168 Å². The van der Waals surface area contributed by atoms with Gasteiger partial charge >= 0.3 is 17.9 Å². The maximum atomic E-state index is 12.8. The highest BCUT2D eigenvalue weighted by atomic mass is 16.7. The zero-order chi connectivity index (χ0) is 49.2. The summed E-state index contributed by atoms with van der Waals surface area (Å²) >= 11 is 0. The van der Waals surface area contributed by atoms with E-state index in [-0.39, 0.29) is 38.6 Å². The Hall–Kier alpha value is -4.31. The molecule has 0 saturated heterocycles. The SMILES string of the molecule is CC/C=C\C/C=C\C/C=C\C/C=C\C/C=C\C/C=C\C/C=C\CCCCCCCC(=O)OC(COC(=O)CCCCCCC/C=C\C/C=C\C/C=C\CC)COC(OCC[N+](C)(C)C)C(=O)O. The van der Waals surface area contributed by atoms with Crippen molar-refractivity contribution in [2.45, 2.75) is 180 Å². The summed E-state index contributed by atoms with van der Waals surface area (Å²) in [6, 6.07) is 0. The fraction of sp³-hybridized carbons (Fsp3) is 0.603. The summed E-state index contributed by atoms with van der Waals surface area (Å²) in [5.74, 6) is -2.08. The first-order chi connectivity index (χ1) is 32.6. The highest BCUT2D eigenvalue weighted by Gasteiger charge is 2.25. The molecule has 0 fully saturated rings. The molecule has 0 aliphatic carbocycles. The van der Waals surface area contributed by atoms with E-state index >= 15 is 0 Å². The summed E-state index contributed by atoms with van der Waals surface area (Å²) in [6.45, 7) is 4.57. The van der Waals surface area contributed by atoms with Crippen LogP contribution in [0.4, 0.5) is 0 Å². The third-order valence-electron chi connectivity index (χ3n) is 10.2. The average molecular weight is 933 g/mol. The van der Waals surface area contributed by atoms with Gasteiger partial charge in [-0.1, -0.05) is 174 Å². The molecule has 0 aromatic carbocycles. The maximum Gasteiger partial charge on any atom is 0.361 e. The Balaban J connectivity index is 4.42. The number of hydrogen-bond acceptors (Lipinski definition) is 7. The Morgan fingerprint density at radius 3 is 1.19 bits per heavy atom. The smallest absolute Gasteiger partial charge is 0.361 e. The van der Waals surface area contributed by atoms with Gasteiger partial charge in [0, 0.05) is 12.8 Å². The number of ether oxygens (including phenoxy) is 4. The van der Waals surface area contributed by atoms with Crippen LogP contribution in [0.2, 0.25) is 0 Å². The van der Waals surface area contributed by atoms with Crippen LogP contribution in [0.15, 0.2) is 122 Å². The Labute approximate surface area is 408 Å². The maximum absolute atomic E-state index is 12.8. The van der Waals surface area contributed by atoms with Gasteiger partial charge in [0.15, 0.2) is 6.10 Å². The van der Waals surface area contributed by atoms with Crippen molar-refractivity contribution < 1.29 is 42.9 Å². The fourth-order valence-corrected chi connectivity index (χ4v) is 6.30. The van der Waals surface area contributed by atoms with Crippen molar-refractivity contribution in [1.29, 1.82) is 0 Å². The van der Waals surface area contributed by atoms with Crippen molar-refractivity contribution in [1.82, 2.24) is 0 Å². The molecule has 67 heavy (non-hydrogen) atoms. The standard InChI is InChI=1S/C58H93NO8/c1-6-8-10-12-14-16-18-20-22-23-24-25-26-27-28-29-30-31-32-33-35-37-39-41-43-45-47-49-56(61)67-54(53-66-58(57(62)63)64-51-50-59(3,4)5)52-65-55(60)48-46-44-42-40-38-36-34-21-19-17-15-13-11-9-7-2/h8-11,14-17,20-22,24-25,27-28,30-31,33-35,54,58H,6-7,12-13,18-19,23,26,29,32,36-53H2,1-5H3/p+1/b10-8-,11-9-,16-14-,17-15-,22-20-,25-24-,28-27-,31-30-,34-21-,35-33-. The van der Waals surface area contributed by atoms with Crippen LogP contribution >= 0.6 is 0 Å². The monoisotopic (exact) mass is 933 g/mol. The van der Waals surface area contributed by atoms with Crippen LogP contribution < -0.4 is 0 Å². The summed E-state index contributed by atoms with van der Waals surface area (Å²) in [6.07, 6.45) is 64.1. The van der Waals surface area contributed by atoms with Crippen LogP contribution in [0.5, 0.6) is 0 Å². The summed E-state index contributed by atoms with van der Waals surface area (Å²) in [5, 5.41) is 9.67. The Morgan fingerprint density at radius 1 is 0.448 bits per heavy atom. The highest BCUT2D eigenvalue weighted by molar-refractivity contribution is 5.71. The molecule has 0 aromatic heterocycles. The number of hydrogen-bond donors (Lipinski definition) is 1. The van der Waals surface area contributed by atoms with Gasteiger partial charge in [0.1, 0.15) is 13.2 Å². The van der Waals surface area contributed by atoms with E-state index in [2.05, 4.69) is 135 Å². The van der Waals surface area contributed by atoms with Gasteiger partial charge in [-0.25, -0.2) is 4.79 Å². The number of carboxylic acid groups (broad SMARTS) is 1. The van der Waals surface area contributed by atoms with Gasteiger partial charge in [0.05, 0.1) is 34.4 Å². The van der Waals surface area contributed by atoms with Crippen LogP contribution in [-0.4, -0.2) is 87.4 Å². The Kier molecular flexibility index (Phi) is 45.1. The molecule has 0 amide bonds. The lowest BCUT2D eigenvalue weighted by atomic mass is 10.1. The minimum atomic E-state index is -1.53. The lowest BCUT2D eigenvalue weighted by Crippen LogP contribution is -2.40. The summed E-state index contributed by atoms with van der Waals surface area (Å²) in [4.78, 5) is 37.3. The number of aliphatic carboxylic acids is 1. The first kappa shape index (κ1) is 62.7. The van der Waals surface area contributed by atoms with E-state index in [9.17, 15) is 19.5 Å². The molecule has 2 unspecified atom stereocenters. The predicted molar refractivity (Wildman–Crippen MR) is 281 cm³/mol. The molecule has 0 aromatic rings. The van der Waals surface area contributed by atoms with Gasteiger partial charge in [-0.05, 0) is 103 Å². The zero-order valence-corrected chi connectivity index (χ0v) is 42.8. The van der Waals surface area contributed by atoms with Crippen molar-refractivity contribution in [2.24, 2.45) is 0 Å². The Morgan fingerprint density at radius 2 is 0.806 bits per heavy atom. The second-order valence-corrected chi connectivity index (χ2v) is 17.7.